The monoisotopic (exact) mass is 211 g/mol. The van der Waals surface area contributed by atoms with Gasteiger partial charge in [-0.2, -0.15) is 5.48 Å². The van der Waals surface area contributed by atoms with Crippen molar-refractivity contribution in [2.45, 2.75) is 12.9 Å². The van der Waals surface area contributed by atoms with Gasteiger partial charge >= 0.3 is 0 Å². The maximum atomic E-state index is 5.24. The Labute approximate surface area is 90.1 Å². The molecule has 1 rings (SSSR count). The summed E-state index contributed by atoms with van der Waals surface area (Å²) in [6.07, 6.45) is -0.277. The Hall–Kier alpha value is -0.940. The van der Waals surface area contributed by atoms with Crippen LogP contribution in [0, 0.1) is 0 Å². The molecule has 0 fully saturated rings. The summed E-state index contributed by atoms with van der Waals surface area (Å²) in [6.45, 7) is 1.03. The molecule has 0 aromatic heterocycles. The highest BCUT2D eigenvalue weighted by atomic mass is 16.7. The number of ether oxygens (including phenoxy) is 2. The molecule has 0 unspecified atom stereocenters. The van der Waals surface area contributed by atoms with Crippen molar-refractivity contribution in [3.8, 4) is 0 Å². The topological polar surface area (TPSA) is 39.7 Å². The third kappa shape index (κ3) is 4.90. The highest BCUT2D eigenvalue weighted by molar-refractivity contribution is 5.13. The fraction of sp³-hybridized carbons (Fsp3) is 0.455. The lowest BCUT2D eigenvalue weighted by molar-refractivity contribution is -0.123. The molecule has 0 radical (unpaired) electrons. The summed E-state index contributed by atoms with van der Waals surface area (Å²) in [5, 5.41) is 0. The second-order valence-electron chi connectivity index (χ2n) is 3.02. The van der Waals surface area contributed by atoms with Gasteiger partial charge in [0.05, 0.1) is 13.2 Å². The van der Waals surface area contributed by atoms with Gasteiger partial charge in [-0.1, -0.05) is 30.3 Å². The third-order valence-electron chi connectivity index (χ3n) is 1.96. The Balaban J connectivity index is 2.12. The van der Waals surface area contributed by atoms with Crippen LogP contribution in [0.5, 0.6) is 0 Å². The van der Waals surface area contributed by atoms with Gasteiger partial charge in [0.25, 0.3) is 0 Å². The van der Waals surface area contributed by atoms with Crippen LogP contribution in [0.25, 0.3) is 0 Å². The lowest BCUT2D eigenvalue weighted by atomic mass is 10.2. The predicted molar refractivity (Wildman–Crippen MR) is 57.0 cm³/mol. The molecule has 0 saturated carbocycles. The van der Waals surface area contributed by atoms with Crippen molar-refractivity contribution in [3.63, 3.8) is 0 Å². The van der Waals surface area contributed by atoms with Crippen LogP contribution in [0.3, 0.4) is 0 Å². The zero-order chi connectivity index (χ0) is 10.9. The zero-order valence-electron chi connectivity index (χ0n) is 9.10. The summed E-state index contributed by atoms with van der Waals surface area (Å²) in [5.41, 5.74) is 3.91. The lowest BCUT2D eigenvalue weighted by Crippen LogP contribution is -2.29. The zero-order valence-corrected chi connectivity index (χ0v) is 9.10. The Morgan fingerprint density at radius 2 is 1.80 bits per heavy atom. The van der Waals surface area contributed by atoms with E-state index >= 15 is 0 Å². The van der Waals surface area contributed by atoms with Gasteiger partial charge in [-0.05, 0) is 5.56 Å². The van der Waals surface area contributed by atoms with Crippen molar-refractivity contribution in [3.05, 3.63) is 35.9 Å². The summed E-state index contributed by atoms with van der Waals surface area (Å²) >= 11 is 0. The Morgan fingerprint density at radius 1 is 1.13 bits per heavy atom. The number of benzene rings is 1. The number of rotatable bonds is 7. The average Bonchev–Trinajstić information content (AvgIpc) is 2.31. The van der Waals surface area contributed by atoms with E-state index < -0.39 is 0 Å². The molecule has 0 aliphatic rings. The molecule has 4 nitrogen and oxygen atoms in total. The SMILES string of the molecule is COC(CNOCc1ccccc1)OC. The molecule has 0 saturated heterocycles. The van der Waals surface area contributed by atoms with Crippen molar-refractivity contribution in [1.82, 2.24) is 5.48 Å². The molecule has 0 aliphatic carbocycles. The Morgan fingerprint density at radius 3 is 2.40 bits per heavy atom. The van der Waals surface area contributed by atoms with Gasteiger partial charge in [0.1, 0.15) is 0 Å². The summed E-state index contributed by atoms with van der Waals surface area (Å²) in [4.78, 5) is 5.24. The van der Waals surface area contributed by atoms with Crippen LogP contribution < -0.4 is 5.48 Å². The van der Waals surface area contributed by atoms with Crippen LogP contribution in [-0.4, -0.2) is 27.1 Å². The molecule has 1 aromatic carbocycles. The standard InChI is InChI=1S/C11H17NO3/c1-13-11(14-2)8-12-15-9-10-6-4-3-5-7-10/h3-7,11-12H,8-9H2,1-2H3. The average molecular weight is 211 g/mol. The van der Waals surface area contributed by atoms with Crippen molar-refractivity contribution in [1.29, 1.82) is 0 Å². The summed E-state index contributed by atoms with van der Waals surface area (Å²) < 4.78 is 9.97. The molecule has 0 aliphatic heterocycles. The van der Waals surface area contributed by atoms with Gasteiger partial charge in [0, 0.05) is 14.2 Å². The van der Waals surface area contributed by atoms with Crippen molar-refractivity contribution in [2.75, 3.05) is 20.8 Å². The smallest absolute Gasteiger partial charge is 0.171 e. The van der Waals surface area contributed by atoms with Gasteiger partial charge in [-0.15, -0.1) is 0 Å². The van der Waals surface area contributed by atoms with Crippen LogP contribution in [0.4, 0.5) is 0 Å². The van der Waals surface area contributed by atoms with E-state index in [2.05, 4.69) is 5.48 Å². The number of hydrogen-bond acceptors (Lipinski definition) is 4. The Kier molecular flexibility index (Phi) is 5.96. The minimum absolute atomic E-state index is 0.277. The maximum absolute atomic E-state index is 5.24. The molecule has 1 aromatic rings. The summed E-state index contributed by atoms with van der Waals surface area (Å²) in [7, 11) is 3.18. The number of hydrogen-bond donors (Lipinski definition) is 1. The van der Waals surface area contributed by atoms with E-state index in [-0.39, 0.29) is 6.29 Å². The van der Waals surface area contributed by atoms with Crippen molar-refractivity contribution < 1.29 is 14.3 Å². The van der Waals surface area contributed by atoms with E-state index in [9.17, 15) is 0 Å². The van der Waals surface area contributed by atoms with Crippen LogP contribution in [0.1, 0.15) is 5.56 Å². The first-order valence-corrected chi connectivity index (χ1v) is 4.81. The van der Waals surface area contributed by atoms with E-state index in [4.69, 9.17) is 14.3 Å². The molecule has 4 heteroatoms. The second kappa shape index (κ2) is 7.36. The van der Waals surface area contributed by atoms with E-state index in [0.29, 0.717) is 13.2 Å². The van der Waals surface area contributed by atoms with Gasteiger partial charge in [-0.3, -0.25) is 4.84 Å². The van der Waals surface area contributed by atoms with Crippen LogP contribution in [0.15, 0.2) is 30.3 Å². The fourth-order valence-electron chi connectivity index (χ4n) is 1.10. The molecule has 0 heterocycles. The number of methoxy groups -OCH3 is 2. The molecular formula is C11H17NO3. The summed E-state index contributed by atoms with van der Waals surface area (Å²) in [5.74, 6) is 0. The highest BCUT2D eigenvalue weighted by Crippen LogP contribution is 1.99. The van der Waals surface area contributed by atoms with Crippen LogP contribution >= 0.6 is 0 Å². The fourth-order valence-corrected chi connectivity index (χ4v) is 1.10. The molecule has 0 spiro atoms. The highest BCUT2D eigenvalue weighted by Gasteiger charge is 2.03. The van der Waals surface area contributed by atoms with E-state index in [1.807, 2.05) is 30.3 Å². The molecular weight excluding hydrogens is 194 g/mol. The van der Waals surface area contributed by atoms with E-state index in [1.165, 1.54) is 0 Å². The molecule has 0 atom stereocenters. The number of nitrogens with one attached hydrogen (secondary N) is 1. The molecule has 15 heavy (non-hydrogen) atoms. The quantitative estimate of drug-likeness (QED) is 0.419. The minimum atomic E-state index is -0.277. The minimum Gasteiger partial charge on any atom is -0.354 e. The molecule has 84 valence electrons. The lowest BCUT2D eigenvalue weighted by Gasteiger charge is -2.13. The van der Waals surface area contributed by atoms with Crippen LogP contribution in [0.2, 0.25) is 0 Å². The largest absolute Gasteiger partial charge is 0.354 e. The van der Waals surface area contributed by atoms with Crippen molar-refractivity contribution >= 4 is 0 Å². The van der Waals surface area contributed by atoms with Gasteiger partial charge in [0.15, 0.2) is 6.29 Å². The van der Waals surface area contributed by atoms with E-state index in [0.717, 1.165) is 5.56 Å². The second-order valence-corrected chi connectivity index (χ2v) is 3.02. The first-order valence-electron chi connectivity index (χ1n) is 4.81. The number of hydroxylamine groups is 1. The first-order chi connectivity index (χ1) is 7.36. The van der Waals surface area contributed by atoms with Gasteiger partial charge in [-0.25, -0.2) is 0 Å². The normalized spacial score (nSPS) is 10.9. The van der Waals surface area contributed by atoms with E-state index in [1.54, 1.807) is 14.2 Å². The summed E-state index contributed by atoms with van der Waals surface area (Å²) in [6, 6.07) is 9.94. The van der Waals surface area contributed by atoms with Crippen molar-refractivity contribution in [2.24, 2.45) is 0 Å². The van der Waals surface area contributed by atoms with Gasteiger partial charge in [0.2, 0.25) is 0 Å². The van der Waals surface area contributed by atoms with Gasteiger partial charge < -0.3 is 9.47 Å². The van der Waals surface area contributed by atoms with Crippen LogP contribution in [-0.2, 0) is 20.9 Å². The maximum Gasteiger partial charge on any atom is 0.171 e. The predicted octanol–water partition coefficient (Wildman–Crippen LogP) is 1.33. The molecule has 1 N–H and O–H groups in total. The first kappa shape index (κ1) is 12.1. The molecule has 0 amide bonds. The third-order valence-corrected chi connectivity index (χ3v) is 1.96. The molecule has 0 bridgehead atoms. The Bertz CT molecular complexity index is 249.